The lowest BCUT2D eigenvalue weighted by Gasteiger charge is -2.01. The number of benzene rings is 1. The minimum atomic E-state index is -0.411. The standard InChI is InChI=1S/C13H9BrN2O2/c1-7-9-11(8-5-3-2-4-6-8)15-16-12(9)18-13(17)10(7)14/h2-6H,1H3,(H,15,16). The van der Waals surface area contributed by atoms with E-state index in [2.05, 4.69) is 26.1 Å². The van der Waals surface area contributed by atoms with Crippen LogP contribution in [0.4, 0.5) is 0 Å². The van der Waals surface area contributed by atoms with Crippen molar-refractivity contribution >= 4 is 27.0 Å². The number of hydrogen-bond donors (Lipinski definition) is 1. The molecule has 5 heteroatoms. The molecule has 0 fully saturated rings. The molecule has 0 spiro atoms. The zero-order chi connectivity index (χ0) is 12.7. The summed E-state index contributed by atoms with van der Waals surface area (Å²) in [7, 11) is 0. The molecule has 0 radical (unpaired) electrons. The molecule has 3 aromatic rings. The molecule has 1 N–H and O–H groups in total. The van der Waals surface area contributed by atoms with Gasteiger partial charge in [0, 0.05) is 5.56 Å². The van der Waals surface area contributed by atoms with Gasteiger partial charge in [-0.1, -0.05) is 30.3 Å². The zero-order valence-electron chi connectivity index (χ0n) is 9.53. The summed E-state index contributed by atoms with van der Waals surface area (Å²) in [6, 6.07) is 9.80. The molecule has 0 bridgehead atoms. The minimum absolute atomic E-state index is 0.333. The smallest absolute Gasteiger partial charge is 0.352 e. The Kier molecular flexibility index (Phi) is 2.56. The van der Waals surface area contributed by atoms with Crippen molar-refractivity contribution < 1.29 is 4.42 Å². The first-order chi connectivity index (χ1) is 8.68. The molecule has 90 valence electrons. The molecule has 0 aliphatic heterocycles. The Labute approximate surface area is 111 Å². The van der Waals surface area contributed by atoms with Gasteiger partial charge in [-0.05, 0) is 28.4 Å². The van der Waals surface area contributed by atoms with Crippen molar-refractivity contribution in [3.63, 3.8) is 0 Å². The summed E-state index contributed by atoms with van der Waals surface area (Å²) in [5.41, 5.74) is 2.61. The van der Waals surface area contributed by atoms with E-state index < -0.39 is 5.63 Å². The quantitative estimate of drug-likeness (QED) is 0.750. The van der Waals surface area contributed by atoms with Crippen molar-refractivity contribution in [3.8, 4) is 11.3 Å². The third-order valence-electron chi connectivity index (χ3n) is 2.87. The van der Waals surface area contributed by atoms with Crippen LogP contribution in [0.5, 0.6) is 0 Å². The third kappa shape index (κ3) is 1.59. The fourth-order valence-electron chi connectivity index (χ4n) is 1.96. The molecule has 2 heterocycles. The normalized spacial score (nSPS) is 11.0. The first-order valence-electron chi connectivity index (χ1n) is 5.41. The van der Waals surface area contributed by atoms with E-state index in [1.807, 2.05) is 37.3 Å². The maximum absolute atomic E-state index is 11.5. The Morgan fingerprint density at radius 2 is 2.00 bits per heavy atom. The molecule has 3 rings (SSSR count). The first kappa shape index (κ1) is 11.2. The third-order valence-corrected chi connectivity index (χ3v) is 3.79. The highest BCUT2D eigenvalue weighted by Crippen LogP contribution is 2.30. The van der Waals surface area contributed by atoms with Gasteiger partial charge in [-0.25, -0.2) is 4.79 Å². The average Bonchev–Trinajstić information content (AvgIpc) is 2.81. The molecular formula is C13H9BrN2O2. The molecule has 0 saturated carbocycles. The molecule has 0 amide bonds. The van der Waals surface area contributed by atoms with Crippen molar-refractivity contribution in [2.75, 3.05) is 0 Å². The molecule has 1 aromatic carbocycles. The highest BCUT2D eigenvalue weighted by atomic mass is 79.9. The van der Waals surface area contributed by atoms with Crippen LogP contribution in [-0.2, 0) is 0 Å². The Morgan fingerprint density at radius 3 is 2.72 bits per heavy atom. The number of aryl methyl sites for hydroxylation is 1. The summed E-state index contributed by atoms with van der Waals surface area (Å²) in [5.74, 6) is 0. The monoisotopic (exact) mass is 304 g/mol. The van der Waals surface area contributed by atoms with E-state index in [1.54, 1.807) is 0 Å². The fraction of sp³-hybridized carbons (Fsp3) is 0.0769. The minimum Gasteiger partial charge on any atom is -0.401 e. The van der Waals surface area contributed by atoms with Gasteiger partial charge in [-0.2, -0.15) is 0 Å². The van der Waals surface area contributed by atoms with Gasteiger partial charge in [0.1, 0.15) is 4.47 Å². The van der Waals surface area contributed by atoms with Crippen LogP contribution in [0.25, 0.3) is 22.4 Å². The number of aromatic nitrogens is 2. The number of nitrogens with one attached hydrogen (secondary N) is 1. The molecule has 2 aromatic heterocycles. The first-order valence-corrected chi connectivity index (χ1v) is 6.20. The molecule has 0 aliphatic rings. The number of hydrogen-bond acceptors (Lipinski definition) is 3. The molecule has 0 saturated heterocycles. The molecule has 0 aliphatic carbocycles. The number of rotatable bonds is 1. The van der Waals surface area contributed by atoms with E-state index in [1.165, 1.54) is 0 Å². The number of aromatic amines is 1. The van der Waals surface area contributed by atoms with Gasteiger partial charge < -0.3 is 4.42 Å². The summed E-state index contributed by atoms with van der Waals surface area (Å²) in [5, 5.41) is 7.79. The predicted octanol–water partition coefficient (Wildman–Crippen LogP) is 3.25. The molecule has 18 heavy (non-hydrogen) atoms. The van der Waals surface area contributed by atoms with Crippen LogP contribution in [0.3, 0.4) is 0 Å². The number of halogens is 1. The van der Waals surface area contributed by atoms with Gasteiger partial charge in [-0.15, -0.1) is 5.10 Å². The van der Waals surface area contributed by atoms with Gasteiger partial charge in [0.15, 0.2) is 0 Å². The van der Waals surface area contributed by atoms with Crippen LogP contribution < -0.4 is 5.63 Å². The van der Waals surface area contributed by atoms with E-state index in [-0.39, 0.29) is 0 Å². The van der Waals surface area contributed by atoms with Gasteiger partial charge in [0.25, 0.3) is 0 Å². The van der Waals surface area contributed by atoms with Crippen molar-refractivity contribution in [3.05, 3.63) is 50.8 Å². The molecule has 0 atom stereocenters. The highest BCUT2D eigenvalue weighted by molar-refractivity contribution is 9.10. The largest absolute Gasteiger partial charge is 0.401 e. The van der Waals surface area contributed by atoms with Crippen LogP contribution in [0.2, 0.25) is 0 Å². The number of H-pyrrole nitrogens is 1. The van der Waals surface area contributed by atoms with Gasteiger partial charge in [0.05, 0.1) is 11.1 Å². The summed E-state index contributed by atoms with van der Waals surface area (Å²) in [4.78, 5) is 11.5. The van der Waals surface area contributed by atoms with Gasteiger partial charge >= 0.3 is 5.63 Å². The second kappa shape index (κ2) is 4.10. The average molecular weight is 305 g/mol. The van der Waals surface area contributed by atoms with Crippen molar-refractivity contribution in [1.29, 1.82) is 0 Å². The Balaban J connectivity index is 2.40. The van der Waals surface area contributed by atoms with E-state index in [9.17, 15) is 4.79 Å². The summed E-state index contributed by atoms with van der Waals surface area (Å²) in [6.07, 6.45) is 0. The predicted molar refractivity (Wildman–Crippen MR) is 72.5 cm³/mol. The lowest BCUT2D eigenvalue weighted by Crippen LogP contribution is -2.01. The van der Waals surface area contributed by atoms with Crippen LogP contribution in [0.15, 0.2) is 44.0 Å². The molecule has 4 nitrogen and oxygen atoms in total. The van der Waals surface area contributed by atoms with Crippen LogP contribution >= 0.6 is 15.9 Å². The van der Waals surface area contributed by atoms with Crippen molar-refractivity contribution in [2.45, 2.75) is 6.92 Å². The Hall–Kier alpha value is -1.88. The zero-order valence-corrected chi connectivity index (χ0v) is 11.1. The summed E-state index contributed by atoms with van der Waals surface area (Å²) < 4.78 is 5.57. The second-order valence-electron chi connectivity index (χ2n) is 3.97. The van der Waals surface area contributed by atoms with Crippen LogP contribution in [0.1, 0.15) is 5.56 Å². The lowest BCUT2D eigenvalue weighted by atomic mass is 10.1. The second-order valence-corrected chi connectivity index (χ2v) is 4.77. The molecular weight excluding hydrogens is 296 g/mol. The summed E-state index contributed by atoms with van der Waals surface area (Å²) in [6.45, 7) is 1.87. The van der Waals surface area contributed by atoms with Crippen LogP contribution in [-0.4, -0.2) is 10.2 Å². The molecule has 0 unspecified atom stereocenters. The van der Waals surface area contributed by atoms with Crippen molar-refractivity contribution in [1.82, 2.24) is 10.2 Å². The Morgan fingerprint density at radius 1 is 1.28 bits per heavy atom. The topological polar surface area (TPSA) is 58.9 Å². The van der Waals surface area contributed by atoms with Gasteiger partial charge in [-0.3, -0.25) is 5.10 Å². The SMILES string of the molecule is Cc1c(Br)c(=O)oc2n[nH]c(-c3ccccc3)c12. The highest BCUT2D eigenvalue weighted by Gasteiger charge is 2.16. The van der Waals surface area contributed by atoms with E-state index in [0.29, 0.717) is 10.2 Å². The van der Waals surface area contributed by atoms with Crippen molar-refractivity contribution in [2.24, 2.45) is 0 Å². The maximum Gasteiger partial charge on any atom is 0.352 e. The van der Waals surface area contributed by atoms with E-state index in [0.717, 1.165) is 22.2 Å². The van der Waals surface area contributed by atoms with Crippen LogP contribution in [0, 0.1) is 6.92 Å². The maximum atomic E-state index is 11.5. The number of nitrogens with zero attached hydrogens (tertiary/aromatic N) is 1. The van der Waals surface area contributed by atoms with E-state index >= 15 is 0 Å². The summed E-state index contributed by atoms with van der Waals surface area (Å²) >= 11 is 3.24. The lowest BCUT2D eigenvalue weighted by molar-refractivity contribution is 0.542. The fourth-order valence-corrected chi connectivity index (χ4v) is 2.24. The Bertz CT molecular complexity index is 775. The number of fused-ring (bicyclic) bond motifs is 1. The van der Waals surface area contributed by atoms with E-state index in [4.69, 9.17) is 4.42 Å². The van der Waals surface area contributed by atoms with Gasteiger partial charge in [0.2, 0.25) is 5.71 Å².